The Morgan fingerprint density at radius 2 is 2.37 bits per heavy atom. The van der Waals surface area contributed by atoms with Crippen molar-refractivity contribution in [3.63, 3.8) is 0 Å². The molecular weight excluding hydrogens is 270 g/mol. The van der Waals surface area contributed by atoms with Gasteiger partial charge in [0.2, 0.25) is 0 Å². The molecule has 0 aromatic carbocycles. The second-order valence-electron chi connectivity index (χ2n) is 4.84. The molecule has 1 aliphatic heterocycles. The van der Waals surface area contributed by atoms with Crippen LogP contribution in [0.1, 0.15) is 24.9 Å². The van der Waals surface area contributed by atoms with Crippen molar-refractivity contribution in [3.05, 3.63) is 24.2 Å². The van der Waals surface area contributed by atoms with Crippen LogP contribution in [0.5, 0.6) is 0 Å². The lowest BCUT2D eigenvalue weighted by Gasteiger charge is -2.38. The van der Waals surface area contributed by atoms with Gasteiger partial charge in [-0.25, -0.2) is 8.42 Å². The summed E-state index contributed by atoms with van der Waals surface area (Å²) in [5.41, 5.74) is 0.926. The molecule has 2 atom stereocenters. The Hall–Kier alpha value is -1.34. The molecule has 0 radical (unpaired) electrons. The van der Waals surface area contributed by atoms with Crippen molar-refractivity contribution >= 4 is 15.8 Å². The predicted octanol–water partition coefficient (Wildman–Crippen LogP) is 0.914. The molecule has 2 unspecified atom stereocenters. The maximum atomic E-state index is 11.7. The first-order valence-electron chi connectivity index (χ1n) is 6.09. The van der Waals surface area contributed by atoms with Crippen molar-refractivity contribution in [3.8, 4) is 0 Å². The summed E-state index contributed by atoms with van der Waals surface area (Å²) in [5, 5.41) is 8.93. The number of carboxylic acid groups (broad SMARTS) is 1. The number of rotatable bonds is 4. The molecule has 0 bridgehead atoms. The van der Waals surface area contributed by atoms with Crippen molar-refractivity contribution < 1.29 is 22.7 Å². The number of aliphatic carboxylic acids is 1. The van der Waals surface area contributed by atoms with Gasteiger partial charge in [-0.05, 0) is 13.0 Å². The molecule has 1 fully saturated rings. The average Bonchev–Trinajstić information content (AvgIpc) is 2.79. The molecule has 0 spiro atoms. The number of furan rings is 1. The summed E-state index contributed by atoms with van der Waals surface area (Å²) in [6.07, 6.45) is 2.99. The zero-order valence-corrected chi connectivity index (χ0v) is 11.5. The first kappa shape index (κ1) is 14.1. The Morgan fingerprint density at radius 3 is 2.95 bits per heavy atom. The fourth-order valence-electron chi connectivity index (χ4n) is 2.49. The van der Waals surface area contributed by atoms with E-state index in [1.54, 1.807) is 12.5 Å². The molecule has 1 aliphatic rings. The molecule has 0 saturated carbocycles. The molecule has 1 N–H and O–H groups in total. The predicted molar refractivity (Wildman–Crippen MR) is 68.5 cm³/mol. The van der Waals surface area contributed by atoms with Crippen LogP contribution in [0.4, 0.5) is 0 Å². The summed E-state index contributed by atoms with van der Waals surface area (Å²) < 4.78 is 28.3. The maximum Gasteiger partial charge on any atom is 0.304 e. The Balaban J connectivity index is 2.19. The second kappa shape index (κ2) is 5.34. The average molecular weight is 287 g/mol. The van der Waals surface area contributed by atoms with Gasteiger partial charge in [0.1, 0.15) is 0 Å². The van der Waals surface area contributed by atoms with Crippen LogP contribution in [0.15, 0.2) is 23.0 Å². The standard InChI is InChI=1S/C12H17NO5S/c1-9(10-2-4-18-7-10)13-3-5-19(16,17)8-11(13)6-12(14)15/h2,4,7,9,11H,3,5-6,8H2,1H3,(H,14,15). The van der Waals surface area contributed by atoms with Crippen molar-refractivity contribution in [2.75, 3.05) is 18.1 Å². The van der Waals surface area contributed by atoms with Gasteiger partial charge in [0.25, 0.3) is 0 Å². The molecule has 1 aromatic heterocycles. The van der Waals surface area contributed by atoms with Gasteiger partial charge in [0.05, 0.1) is 30.5 Å². The smallest absolute Gasteiger partial charge is 0.304 e. The first-order valence-corrected chi connectivity index (χ1v) is 7.91. The van der Waals surface area contributed by atoms with Crippen LogP contribution in [-0.2, 0) is 14.6 Å². The van der Waals surface area contributed by atoms with Crippen LogP contribution in [0.3, 0.4) is 0 Å². The Morgan fingerprint density at radius 1 is 1.63 bits per heavy atom. The Kier molecular flexibility index (Phi) is 3.96. The van der Waals surface area contributed by atoms with Gasteiger partial charge < -0.3 is 9.52 Å². The minimum Gasteiger partial charge on any atom is -0.481 e. The fourth-order valence-corrected chi connectivity index (χ4v) is 4.04. The first-order chi connectivity index (χ1) is 8.89. The van der Waals surface area contributed by atoms with Gasteiger partial charge >= 0.3 is 5.97 Å². The van der Waals surface area contributed by atoms with Crippen LogP contribution in [0.25, 0.3) is 0 Å². The molecule has 0 amide bonds. The molecule has 106 valence electrons. The van der Waals surface area contributed by atoms with E-state index < -0.39 is 21.8 Å². The van der Waals surface area contributed by atoms with Crippen molar-refractivity contribution in [2.45, 2.75) is 25.4 Å². The largest absolute Gasteiger partial charge is 0.481 e. The lowest BCUT2D eigenvalue weighted by molar-refractivity contribution is -0.138. The third-order valence-corrected chi connectivity index (χ3v) is 5.21. The number of carbonyl (C=O) groups is 1. The molecule has 7 heteroatoms. The number of hydrogen-bond donors (Lipinski definition) is 1. The number of nitrogens with zero attached hydrogens (tertiary/aromatic N) is 1. The zero-order valence-electron chi connectivity index (χ0n) is 10.7. The highest BCUT2D eigenvalue weighted by Gasteiger charge is 2.35. The lowest BCUT2D eigenvalue weighted by Crippen LogP contribution is -2.50. The van der Waals surface area contributed by atoms with Gasteiger partial charge in [0, 0.05) is 24.2 Å². The van der Waals surface area contributed by atoms with E-state index in [0.717, 1.165) is 5.56 Å². The minimum absolute atomic E-state index is 0.0569. The molecule has 1 saturated heterocycles. The van der Waals surface area contributed by atoms with E-state index in [4.69, 9.17) is 9.52 Å². The number of sulfone groups is 1. The van der Waals surface area contributed by atoms with Gasteiger partial charge in [-0.1, -0.05) is 0 Å². The lowest BCUT2D eigenvalue weighted by atomic mass is 10.1. The van der Waals surface area contributed by atoms with Gasteiger partial charge in [-0.3, -0.25) is 9.69 Å². The Bertz CT molecular complexity index is 536. The molecule has 2 heterocycles. The van der Waals surface area contributed by atoms with E-state index >= 15 is 0 Å². The normalized spacial score (nSPS) is 25.0. The van der Waals surface area contributed by atoms with E-state index in [1.807, 2.05) is 17.9 Å². The van der Waals surface area contributed by atoms with Gasteiger partial charge in [0.15, 0.2) is 9.84 Å². The second-order valence-corrected chi connectivity index (χ2v) is 7.07. The van der Waals surface area contributed by atoms with E-state index in [0.29, 0.717) is 6.54 Å². The molecule has 2 rings (SSSR count). The van der Waals surface area contributed by atoms with Crippen LogP contribution in [-0.4, -0.2) is 48.5 Å². The Labute approximate surface area is 111 Å². The monoisotopic (exact) mass is 287 g/mol. The summed E-state index contributed by atoms with van der Waals surface area (Å²) in [6.45, 7) is 2.28. The SMILES string of the molecule is CC(c1ccoc1)N1CCS(=O)(=O)CC1CC(=O)O. The van der Waals surface area contributed by atoms with Crippen LogP contribution >= 0.6 is 0 Å². The molecular formula is C12H17NO5S. The fraction of sp³-hybridized carbons (Fsp3) is 0.583. The van der Waals surface area contributed by atoms with E-state index in [-0.39, 0.29) is 24.0 Å². The van der Waals surface area contributed by atoms with E-state index in [9.17, 15) is 13.2 Å². The van der Waals surface area contributed by atoms with Crippen molar-refractivity contribution in [1.82, 2.24) is 4.90 Å². The highest BCUT2D eigenvalue weighted by Crippen LogP contribution is 2.27. The van der Waals surface area contributed by atoms with Crippen molar-refractivity contribution in [2.24, 2.45) is 0 Å². The molecule has 0 aliphatic carbocycles. The molecule has 6 nitrogen and oxygen atoms in total. The number of carboxylic acids is 1. The van der Waals surface area contributed by atoms with Crippen LogP contribution < -0.4 is 0 Å². The van der Waals surface area contributed by atoms with Crippen LogP contribution in [0.2, 0.25) is 0 Å². The third kappa shape index (κ3) is 3.36. The molecule has 1 aromatic rings. The minimum atomic E-state index is -3.14. The van der Waals surface area contributed by atoms with Gasteiger partial charge in [-0.15, -0.1) is 0 Å². The van der Waals surface area contributed by atoms with Crippen LogP contribution in [0, 0.1) is 0 Å². The summed E-state index contributed by atoms with van der Waals surface area (Å²) in [7, 11) is -3.14. The van der Waals surface area contributed by atoms with E-state index in [1.165, 1.54) is 0 Å². The summed E-state index contributed by atoms with van der Waals surface area (Å²) in [4.78, 5) is 12.8. The maximum absolute atomic E-state index is 11.7. The highest BCUT2D eigenvalue weighted by atomic mass is 32.2. The molecule has 19 heavy (non-hydrogen) atoms. The topological polar surface area (TPSA) is 87.8 Å². The highest BCUT2D eigenvalue weighted by molar-refractivity contribution is 7.91. The summed E-state index contributed by atoms with van der Waals surface area (Å²) in [6, 6.07) is 1.27. The van der Waals surface area contributed by atoms with E-state index in [2.05, 4.69) is 0 Å². The van der Waals surface area contributed by atoms with Gasteiger partial charge in [-0.2, -0.15) is 0 Å². The third-order valence-electron chi connectivity index (χ3n) is 3.51. The zero-order chi connectivity index (χ0) is 14.0. The quantitative estimate of drug-likeness (QED) is 0.885. The number of hydrogen-bond acceptors (Lipinski definition) is 5. The summed E-state index contributed by atoms with van der Waals surface area (Å²) >= 11 is 0. The van der Waals surface area contributed by atoms with Crippen molar-refractivity contribution in [1.29, 1.82) is 0 Å². The summed E-state index contributed by atoms with van der Waals surface area (Å²) in [5.74, 6) is -1.00.